The second kappa shape index (κ2) is 3.51. The molecular weight excluding hydrogens is 172 g/mol. The van der Waals surface area contributed by atoms with E-state index in [4.69, 9.17) is 0 Å². The van der Waals surface area contributed by atoms with Crippen LogP contribution in [0.1, 0.15) is 24.6 Å². The zero-order valence-electron chi connectivity index (χ0n) is 6.73. The molecule has 2 atom stereocenters. The summed E-state index contributed by atoms with van der Waals surface area (Å²) in [6.07, 6.45) is 1.68. The zero-order chi connectivity index (χ0) is 8.39. The SMILES string of the molecule is OC1CCCNC1c1cscn1. The van der Waals surface area contributed by atoms with E-state index in [1.165, 1.54) is 0 Å². The van der Waals surface area contributed by atoms with Gasteiger partial charge in [-0.2, -0.15) is 0 Å². The molecule has 3 nitrogen and oxygen atoms in total. The maximum Gasteiger partial charge on any atom is 0.0795 e. The molecular formula is C8H12N2OS. The number of aliphatic hydroxyl groups is 1. The van der Waals surface area contributed by atoms with Crippen LogP contribution >= 0.6 is 11.3 Å². The summed E-state index contributed by atoms with van der Waals surface area (Å²) in [4.78, 5) is 4.19. The molecule has 2 unspecified atom stereocenters. The van der Waals surface area contributed by atoms with Gasteiger partial charge in [-0.25, -0.2) is 4.98 Å². The lowest BCUT2D eigenvalue weighted by Gasteiger charge is -2.27. The first kappa shape index (κ1) is 8.16. The van der Waals surface area contributed by atoms with Crippen molar-refractivity contribution in [3.8, 4) is 0 Å². The smallest absolute Gasteiger partial charge is 0.0795 e. The van der Waals surface area contributed by atoms with Crippen LogP contribution in [0.15, 0.2) is 10.9 Å². The minimum Gasteiger partial charge on any atom is -0.391 e. The number of nitrogens with zero attached hydrogens (tertiary/aromatic N) is 1. The van der Waals surface area contributed by atoms with E-state index < -0.39 is 0 Å². The van der Waals surface area contributed by atoms with Crippen molar-refractivity contribution in [2.24, 2.45) is 0 Å². The van der Waals surface area contributed by atoms with E-state index in [0.29, 0.717) is 0 Å². The number of rotatable bonds is 1. The predicted molar refractivity (Wildman–Crippen MR) is 48.1 cm³/mol. The van der Waals surface area contributed by atoms with Gasteiger partial charge in [-0.3, -0.25) is 0 Å². The maximum absolute atomic E-state index is 9.64. The Bertz CT molecular complexity index is 237. The predicted octanol–water partition coefficient (Wildman–Crippen LogP) is 0.929. The van der Waals surface area contributed by atoms with Gasteiger partial charge in [-0.1, -0.05) is 0 Å². The molecule has 1 aliphatic heterocycles. The first-order chi connectivity index (χ1) is 5.88. The number of aliphatic hydroxyl groups excluding tert-OH is 1. The molecule has 4 heteroatoms. The van der Waals surface area contributed by atoms with Crippen LogP contribution in [0.2, 0.25) is 0 Å². The lowest BCUT2D eigenvalue weighted by Crippen LogP contribution is -2.37. The molecule has 2 heterocycles. The molecule has 0 bridgehead atoms. The lowest BCUT2D eigenvalue weighted by atomic mass is 9.99. The van der Waals surface area contributed by atoms with Crippen LogP contribution in [0.5, 0.6) is 0 Å². The Hall–Kier alpha value is -0.450. The molecule has 0 amide bonds. The largest absolute Gasteiger partial charge is 0.391 e. The summed E-state index contributed by atoms with van der Waals surface area (Å²) in [6, 6.07) is 0.0602. The second-order valence-corrected chi connectivity index (χ2v) is 3.77. The van der Waals surface area contributed by atoms with Gasteiger partial charge in [-0.05, 0) is 19.4 Å². The molecule has 2 N–H and O–H groups in total. The van der Waals surface area contributed by atoms with Gasteiger partial charge >= 0.3 is 0 Å². The summed E-state index contributed by atoms with van der Waals surface area (Å²) >= 11 is 1.57. The van der Waals surface area contributed by atoms with Crippen molar-refractivity contribution in [3.63, 3.8) is 0 Å². The number of aromatic nitrogens is 1. The van der Waals surface area contributed by atoms with Gasteiger partial charge < -0.3 is 10.4 Å². The average molecular weight is 184 g/mol. The summed E-state index contributed by atoms with van der Waals surface area (Å²) in [6.45, 7) is 0.985. The van der Waals surface area contributed by atoms with Crippen LogP contribution in [0.25, 0.3) is 0 Å². The Morgan fingerprint density at radius 1 is 1.67 bits per heavy atom. The summed E-state index contributed by atoms with van der Waals surface area (Å²) in [5, 5.41) is 14.9. The Balaban J connectivity index is 2.11. The molecule has 1 fully saturated rings. The van der Waals surface area contributed by atoms with E-state index in [0.717, 1.165) is 25.1 Å². The lowest BCUT2D eigenvalue weighted by molar-refractivity contribution is 0.0950. The standard InChI is InChI=1S/C8H12N2OS/c11-7-2-1-3-9-8(7)6-4-12-5-10-6/h4-5,7-9,11H,1-3H2. The summed E-state index contributed by atoms with van der Waals surface area (Å²) in [7, 11) is 0. The van der Waals surface area contributed by atoms with Crippen molar-refractivity contribution < 1.29 is 5.11 Å². The van der Waals surface area contributed by atoms with Gasteiger partial charge in [0.25, 0.3) is 0 Å². The summed E-state index contributed by atoms with van der Waals surface area (Å²) in [5.74, 6) is 0. The fourth-order valence-corrected chi connectivity index (χ4v) is 2.14. The topological polar surface area (TPSA) is 45.1 Å². The number of piperidine rings is 1. The maximum atomic E-state index is 9.64. The third-order valence-electron chi connectivity index (χ3n) is 2.20. The quantitative estimate of drug-likeness (QED) is 0.682. The molecule has 1 aliphatic rings. The first-order valence-electron chi connectivity index (χ1n) is 4.17. The van der Waals surface area contributed by atoms with E-state index in [2.05, 4.69) is 10.3 Å². The van der Waals surface area contributed by atoms with E-state index in [-0.39, 0.29) is 12.1 Å². The molecule has 2 rings (SSSR count). The number of thiazole rings is 1. The average Bonchev–Trinajstić information content (AvgIpc) is 2.57. The molecule has 0 saturated carbocycles. The number of hydrogen-bond donors (Lipinski definition) is 2. The summed E-state index contributed by atoms with van der Waals surface area (Å²) < 4.78 is 0. The van der Waals surface area contributed by atoms with Gasteiger partial charge in [0.2, 0.25) is 0 Å². The van der Waals surface area contributed by atoms with Crippen LogP contribution in [-0.4, -0.2) is 22.7 Å². The Morgan fingerprint density at radius 2 is 2.58 bits per heavy atom. The molecule has 66 valence electrons. The highest BCUT2D eigenvalue weighted by molar-refractivity contribution is 7.07. The van der Waals surface area contributed by atoms with E-state index in [1.54, 1.807) is 16.8 Å². The fourth-order valence-electron chi connectivity index (χ4n) is 1.55. The Labute approximate surface area is 75.5 Å². The van der Waals surface area contributed by atoms with Crippen molar-refractivity contribution in [2.75, 3.05) is 6.54 Å². The van der Waals surface area contributed by atoms with Crippen LogP contribution in [0.3, 0.4) is 0 Å². The fraction of sp³-hybridized carbons (Fsp3) is 0.625. The van der Waals surface area contributed by atoms with Crippen molar-refractivity contribution in [1.82, 2.24) is 10.3 Å². The van der Waals surface area contributed by atoms with Gasteiger partial charge in [0.15, 0.2) is 0 Å². The zero-order valence-corrected chi connectivity index (χ0v) is 7.55. The molecule has 1 aromatic heterocycles. The van der Waals surface area contributed by atoms with Gasteiger partial charge in [0, 0.05) is 5.38 Å². The molecule has 0 aliphatic carbocycles. The van der Waals surface area contributed by atoms with Crippen LogP contribution < -0.4 is 5.32 Å². The van der Waals surface area contributed by atoms with Crippen LogP contribution in [0, 0.1) is 0 Å². The highest BCUT2D eigenvalue weighted by Gasteiger charge is 2.24. The normalized spacial score (nSPS) is 30.4. The van der Waals surface area contributed by atoms with Crippen molar-refractivity contribution in [3.05, 3.63) is 16.6 Å². The molecule has 0 radical (unpaired) electrons. The van der Waals surface area contributed by atoms with Gasteiger partial charge in [0.05, 0.1) is 23.4 Å². The molecule has 1 aromatic rings. The minimum atomic E-state index is -0.263. The van der Waals surface area contributed by atoms with Gasteiger partial charge in [-0.15, -0.1) is 11.3 Å². The minimum absolute atomic E-state index is 0.0602. The Morgan fingerprint density at radius 3 is 3.25 bits per heavy atom. The second-order valence-electron chi connectivity index (χ2n) is 3.05. The van der Waals surface area contributed by atoms with Crippen LogP contribution in [-0.2, 0) is 0 Å². The molecule has 0 aromatic carbocycles. The number of nitrogens with one attached hydrogen (secondary N) is 1. The first-order valence-corrected chi connectivity index (χ1v) is 5.12. The van der Waals surface area contributed by atoms with Crippen LogP contribution in [0.4, 0.5) is 0 Å². The van der Waals surface area contributed by atoms with E-state index in [9.17, 15) is 5.11 Å². The van der Waals surface area contributed by atoms with Crippen molar-refractivity contribution in [2.45, 2.75) is 25.0 Å². The highest BCUT2D eigenvalue weighted by Crippen LogP contribution is 2.22. The summed E-state index contributed by atoms with van der Waals surface area (Å²) in [5.41, 5.74) is 2.78. The van der Waals surface area contributed by atoms with Gasteiger partial charge in [0.1, 0.15) is 0 Å². The molecule has 1 saturated heterocycles. The Kier molecular flexibility index (Phi) is 2.39. The third-order valence-corrected chi connectivity index (χ3v) is 2.80. The van der Waals surface area contributed by atoms with E-state index >= 15 is 0 Å². The highest BCUT2D eigenvalue weighted by atomic mass is 32.1. The number of hydrogen-bond acceptors (Lipinski definition) is 4. The monoisotopic (exact) mass is 184 g/mol. The van der Waals surface area contributed by atoms with E-state index in [1.807, 2.05) is 5.38 Å². The molecule has 0 spiro atoms. The van der Waals surface area contributed by atoms with Crippen molar-refractivity contribution in [1.29, 1.82) is 0 Å². The van der Waals surface area contributed by atoms with Crippen molar-refractivity contribution >= 4 is 11.3 Å². The molecule has 12 heavy (non-hydrogen) atoms. The third kappa shape index (κ3) is 1.50.